The third-order valence-electron chi connectivity index (χ3n) is 4.06. The first-order valence-electron chi connectivity index (χ1n) is 6.98. The van der Waals surface area contributed by atoms with Gasteiger partial charge in [0.25, 0.3) is 5.91 Å². The number of aromatic nitrogens is 1. The Balaban J connectivity index is 1.68. The van der Waals surface area contributed by atoms with Gasteiger partial charge in [0, 0.05) is 38.3 Å². The van der Waals surface area contributed by atoms with Crippen LogP contribution in [0, 0.1) is 0 Å². The number of carbonyl (C=O) groups is 2. The van der Waals surface area contributed by atoms with Gasteiger partial charge in [0.2, 0.25) is 5.91 Å². The molecule has 1 aromatic heterocycles. The first kappa shape index (κ1) is 12.3. The monoisotopic (exact) mass is 261 g/mol. The molecule has 2 fully saturated rings. The molecule has 3 heterocycles. The van der Waals surface area contributed by atoms with Crippen LogP contribution in [-0.4, -0.2) is 52.3 Å². The molecule has 102 valence electrons. The molecule has 1 aromatic rings. The van der Waals surface area contributed by atoms with E-state index in [0.717, 1.165) is 32.4 Å². The van der Waals surface area contributed by atoms with Gasteiger partial charge in [-0.25, -0.2) is 0 Å². The fourth-order valence-electron chi connectivity index (χ4n) is 3.08. The second-order valence-electron chi connectivity index (χ2n) is 5.32. The van der Waals surface area contributed by atoms with Crippen molar-refractivity contribution in [2.24, 2.45) is 0 Å². The summed E-state index contributed by atoms with van der Waals surface area (Å²) in [5.74, 6) is 0.292. The number of likely N-dealkylation sites (tertiary alicyclic amines) is 2. The van der Waals surface area contributed by atoms with Crippen molar-refractivity contribution in [3.63, 3.8) is 0 Å². The minimum atomic E-state index is 0.0429. The van der Waals surface area contributed by atoms with Crippen LogP contribution in [0.3, 0.4) is 0 Å². The minimum absolute atomic E-state index is 0.0429. The molecule has 0 aliphatic carbocycles. The summed E-state index contributed by atoms with van der Waals surface area (Å²) >= 11 is 0. The first-order valence-corrected chi connectivity index (χ1v) is 6.98. The molecule has 5 heteroatoms. The lowest BCUT2D eigenvalue weighted by Gasteiger charge is -2.37. The highest BCUT2D eigenvalue weighted by Gasteiger charge is 2.33. The van der Waals surface area contributed by atoms with E-state index in [-0.39, 0.29) is 17.9 Å². The normalized spacial score (nSPS) is 24.0. The smallest absolute Gasteiger partial charge is 0.270 e. The first-order chi connectivity index (χ1) is 9.25. The molecule has 2 aliphatic heterocycles. The zero-order valence-corrected chi connectivity index (χ0v) is 11.0. The summed E-state index contributed by atoms with van der Waals surface area (Å²) in [6, 6.07) is 3.84. The van der Waals surface area contributed by atoms with E-state index in [0.29, 0.717) is 18.7 Å². The summed E-state index contributed by atoms with van der Waals surface area (Å²) in [5.41, 5.74) is 0.633. The molecule has 2 saturated heterocycles. The molecule has 5 nitrogen and oxygen atoms in total. The van der Waals surface area contributed by atoms with Crippen LogP contribution in [-0.2, 0) is 4.79 Å². The van der Waals surface area contributed by atoms with E-state index >= 15 is 0 Å². The van der Waals surface area contributed by atoms with E-state index in [1.165, 1.54) is 0 Å². The topological polar surface area (TPSA) is 56.4 Å². The van der Waals surface area contributed by atoms with Crippen molar-refractivity contribution in [3.8, 4) is 0 Å². The van der Waals surface area contributed by atoms with E-state index in [9.17, 15) is 9.59 Å². The molecule has 0 aromatic carbocycles. The molecule has 1 atom stereocenters. The summed E-state index contributed by atoms with van der Waals surface area (Å²) in [4.78, 5) is 30.9. The maximum Gasteiger partial charge on any atom is 0.270 e. The number of H-pyrrole nitrogens is 1. The average molecular weight is 261 g/mol. The average Bonchev–Trinajstić information content (AvgIpc) is 3.09. The van der Waals surface area contributed by atoms with Gasteiger partial charge in [-0.05, 0) is 31.4 Å². The summed E-state index contributed by atoms with van der Waals surface area (Å²) < 4.78 is 0. The zero-order valence-electron chi connectivity index (χ0n) is 11.0. The molecular formula is C14H19N3O2. The van der Waals surface area contributed by atoms with Crippen LogP contribution in [0.25, 0.3) is 0 Å². The molecule has 0 unspecified atom stereocenters. The summed E-state index contributed by atoms with van der Waals surface area (Å²) in [6.07, 6.45) is 5.38. The maximum absolute atomic E-state index is 12.3. The zero-order chi connectivity index (χ0) is 13.2. The van der Waals surface area contributed by atoms with Gasteiger partial charge in [0.1, 0.15) is 5.69 Å². The van der Waals surface area contributed by atoms with Gasteiger partial charge in [0.05, 0.1) is 0 Å². The molecule has 2 amide bonds. The Morgan fingerprint density at radius 1 is 1.32 bits per heavy atom. The van der Waals surface area contributed by atoms with Crippen molar-refractivity contribution in [3.05, 3.63) is 24.0 Å². The molecule has 0 saturated carbocycles. The Hall–Kier alpha value is -1.78. The standard InChI is InChI=1S/C14H19N3O2/c18-13-6-3-9-17(13)11-4-2-8-16(10-11)14(19)12-5-1-7-15-12/h1,5,7,11,15H,2-4,6,8-10H2/t11-/m1/s1. The fraction of sp³-hybridized carbons (Fsp3) is 0.571. The largest absolute Gasteiger partial charge is 0.357 e. The van der Waals surface area contributed by atoms with Crippen LogP contribution in [0.2, 0.25) is 0 Å². The predicted octanol–water partition coefficient (Wildman–Crippen LogP) is 1.24. The van der Waals surface area contributed by atoms with Crippen LogP contribution in [0.15, 0.2) is 18.3 Å². The lowest BCUT2D eigenvalue weighted by Crippen LogP contribution is -2.50. The molecule has 1 N–H and O–H groups in total. The van der Waals surface area contributed by atoms with Gasteiger partial charge >= 0.3 is 0 Å². The van der Waals surface area contributed by atoms with E-state index < -0.39 is 0 Å². The minimum Gasteiger partial charge on any atom is -0.357 e. The third-order valence-corrected chi connectivity index (χ3v) is 4.06. The molecule has 0 radical (unpaired) electrons. The van der Waals surface area contributed by atoms with Crippen molar-refractivity contribution in [1.82, 2.24) is 14.8 Å². The number of nitrogens with zero attached hydrogens (tertiary/aromatic N) is 2. The molecule has 3 rings (SSSR count). The van der Waals surface area contributed by atoms with Crippen LogP contribution in [0.4, 0.5) is 0 Å². The van der Waals surface area contributed by atoms with E-state index in [1.807, 2.05) is 15.9 Å². The lowest BCUT2D eigenvalue weighted by atomic mass is 10.0. The summed E-state index contributed by atoms with van der Waals surface area (Å²) in [7, 11) is 0. The van der Waals surface area contributed by atoms with Gasteiger partial charge in [0.15, 0.2) is 0 Å². The van der Waals surface area contributed by atoms with Crippen molar-refractivity contribution < 1.29 is 9.59 Å². The summed E-state index contributed by atoms with van der Waals surface area (Å²) in [5, 5.41) is 0. The number of amides is 2. The molecule has 0 spiro atoms. The number of aromatic amines is 1. The Kier molecular flexibility index (Phi) is 3.27. The number of hydrogen-bond donors (Lipinski definition) is 1. The number of piperidine rings is 1. The number of rotatable bonds is 2. The highest BCUT2D eigenvalue weighted by atomic mass is 16.2. The van der Waals surface area contributed by atoms with Crippen LogP contribution >= 0.6 is 0 Å². The Labute approximate surface area is 112 Å². The second kappa shape index (κ2) is 5.07. The van der Waals surface area contributed by atoms with Crippen LogP contribution < -0.4 is 0 Å². The Morgan fingerprint density at radius 3 is 2.89 bits per heavy atom. The quantitative estimate of drug-likeness (QED) is 0.871. The van der Waals surface area contributed by atoms with Gasteiger partial charge in [-0.1, -0.05) is 0 Å². The van der Waals surface area contributed by atoms with E-state index in [4.69, 9.17) is 0 Å². The van der Waals surface area contributed by atoms with Crippen molar-refractivity contribution in [2.45, 2.75) is 31.7 Å². The number of carbonyl (C=O) groups excluding carboxylic acids is 2. The predicted molar refractivity (Wildman–Crippen MR) is 70.7 cm³/mol. The third kappa shape index (κ3) is 2.37. The summed E-state index contributed by atoms with van der Waals surface area (Å²) in [6.45, 7) is 2.31. The van der Waals surface area contributed by atoms with Gasteiger partial charge in [-0.3, -0.25) is 9.59 Å². The molecule has 0 bridgehead atoms. The van der Waals surface area contributed by atoms with Gasteiger partial charge in [-0.2, -0.15) is 0 Å². The SMILES string of the molecule is O=C(c1ccc[nH]1)N1CCC[C@@H](N2CCCC2=O)C1. The highest BCUT2D eigenvalue weighted by molar-refractivity contribution is 5.92. The Bertz CT molecular complexity index is 469. The number of hydrogen-bond acceptors (Lipinski definition) is 2. The Morgan fingerprint density at radius 2 is 2.21 bits per heavy atom. The molecular weight excluding hydrogens is 242 g/mol. The highest BCUT2D eigenvalue weighted by Crippen LogP contribution is 2.22. The lowest BCUT2D eigenvalue weighted by molar-refractivity contribution is -0.130. The molecule has 2 aliphatic rings. The van der Waals surface area contributed by atoms with E-state index in [2.05, 4.69) is 4.98 Å². The van der Waals surface area contributed by atoms with Crippen molar-refractivity contribution >= 4 is 11.8 Å². The second-order valence-corrected chi connectivity index (χ2v) is 5.32. The molecule has 19 heavy (non-hydrogen) atoms. The maximum atomic E-state index is 12.3. The fourth-order valence-corrected chi connectivity index (χ4v) is 3.08. The number of nitrogens with one attached hydrogen (secondary N) is 1. The van der Waals surface area contributed by atoms with Crippen LogP contribution in [0.5, 0.6) is 0 Å². The van der Waals surface area contributed by atoms with Crippen LogP contribution in [0.1, 0.15) is 36.2 Å². The van der Waals surface area contributed by atoms with Gasteiger partial charge in [-0.15, -0.1) is 0 Å². The van der Waals surface area contributed by atoms with Crippen molar-refractivity contribution in [2.75, 3.05) is 19.6 Å². The van der Waals surface area contributed by atoms with Crippen molar-refractivity contribution in [1.29, 1.82) is 0 Å². The van der Waals surface area contributed by atoms with Gasteiger partial charge < -0.3 is 14.8 Å². The van der Waals surface area contributed by atoms with E-state index in [1.54, 1.807) is 12.3 Å².